The van der Waals surface area contributed by atoms with Crippen LogP contribution >= 0.6 is 0 Å². The van der Waals surface area contributed by atoms with Crippen LogP contribution in [0.25, 0.3) is 122 Å². The Morgan fingerprint density at radius 3 is 1.28 bits per heavy atom. The van der Waals surface area contributed by atoms with Gasteiger partial charge >= 0.3 is 0 Å². The molecule has 0 spiro atoms. The molecule has 0 atom stereocenters. The largest absolute Gasteiger partial charge is 0.416 e. The summed E-state index contributed by atoms with van der Waals surface area (Å²) in [5, 5.41) is 16.0. The second-order valence-electron chi connectivity index (χ2n) is 16.7. The number of hydrogen-bond donors (Lipinski definition) is 0. The molecule has 0 N–H and O–H groups in total. The molecule has 5 heteroatoms. The maximum absolute atomic E-state index is 6.08. The lowest BCUT2D eigenvalue weighted by Gasteiger charge is -2.10. The predicted octanol–water partition coefficient (Wildman–Crippen LogP) is 15.8. The molecule has 0 aliphatic carbocycles. The van der Waals surface area contributed by atoms with Crippen LogP contribution in [0, 0.1) is 0 Å². The molecule has 3 aromatic heterocycles. The number of nitrogens with zero attached hydrogens (tertiary/aromatic N) is 4. The fourth-order valence-electron chi connectivity index (χ4n) is 9.68. The van der Waals surface area contributed by atoms with E-state index in [0.29, 0.717) is 11.8 Å². The molecule has 0 aliphatic heterocycles. The maximum atomic E-state index is 6.08. The summed E-state index contributed by atoms with van der Waals surface area (Å²) in [6, 6.07) is 82.5. The fourth-order valence-corrected chi connectivity index (χ4v) is 9.68. The van der Waals surface area contributed by atoms with E-state index < -0.39 is 0 Å². The van der Waals surface area contributed by atoms with Crippen LogP contribution in [0.3, 0.4) is 0 Å². The van der Waals surface area contributed by atoms with Gasteiger partial charge in [-0.05, 0) is 141 Å². The highest BCUT2D eigenvalue weighted by molar-refractivity contribution is 6.13. The zero-order valence-corrected chi connectivity index (χ0v) is 35.1. The van der Waals surface area contributed by atoms with Gasteiger partial charge in [0.25, 0.3) is 0 Å². The number of fused-ring (bicyclic) bond motifs is 7. The molecule has 0 amide bonds. The van der Waals surface area contributed by atoms with E-state index in [9.17, 15) is 0 Å². The molecule has 304 valence electrons. The average molecular weight is 831 g/mol. The molecule has 0 bridgehead atoms. The Labute approximate surface area is 374 Å². The number of rotatable bonds is 7. The summed E-state index contributed by atoms with van der Waals surface area (Å²) in [4.78, 5) is 0. The van der Waals surface area contributed by atoms with Crippen LogP contribution in [0.1, 0.15) is 0 Å². The molecule has 0 unspecified atom stereocenters. The lowest BCUT2D eigenvalue weighted by Crippen LogP contribution is -1.94. The molecule has 10 aromatic carbocycles. The number of hydrogen-bond acceptors (Lipinski definition) is 3. The summed E-state index contributed by atoms with van der Waals surface area (Å²) < 4.78 is 10.8. The highest BCUT2D eigenvalue weighted by atomic mass is 16.4. The Hall–Kier alpha value is -8.80. The van der Waals surface area contributed by atoms with E-state index in [4.69, 9.17) is 4.42 Å². The van der Waals surface area contributed by atoms with Crippen LogP contribution in [-0.4, -0.2) is 19.3 Å². The number of para-hydroxylation sites is 2. The zero-order chi connectivity index (χ0) is 42.8. The summed E-state index contributed by atoms with van der Waals surface area (Å²) in [5.74, 6) is 1.00. The molecule has 5 nitrogen and oxygen atoms in total. The van der Waals surface area contributed by atoms with Gasteiger partial charge in [-0.15, -0.1) is 10.2 Å². The minimum absolute atomic E-state index is 0.494. The Kier molecular flexibility index (Phi) is 8.46. The van der Waals surface area contributed by atoms with Crippen molar-refractivity contribution in [3.05, 3.63) is 231 Å². The lowest BCUT2D eigenvalue weighted by molar-refractivity contribution is 0.584. The van der Waals surface area contributed by atoms with Crippen LogP contribution in [0.5, 0.6) is 0 Å². The van der Waals surface area contributed by atoms with E-state index in [1.165, 1.54) is 76.7 Å². The third kappa shape index (κ3) is 6.24. The standard InChI is InChI=1S/C60H38N4O/c1-3-12-42(13-4-1)59-61-62-60(65-59)43-25-30-50(31-26-43)64-55-18-10-9-17-51(55)52-37-47(28-33-56(52)64)48-29-34-58-54(38-48)53-36-46(27-32-57(53)63(58)49-15-5-2-6-16-49)41-21-19-40(20-22-41)45-24-23-39-11-7-8-14-44(39)35-45/h1-38H. The van der Waals surface area contributed by atoms with Crippen molar-refractivity contribution in [1.82, 2.24) is 19.3 Å². The van der Waals surface area contributed by atoms with Gasteiger partial charge in [-0.1, -0.05) is 133 Å². The monoisotopic (exact) mass is 830 g/mol. The average Bonchev–Trinajstić information content (AvgIpc) is 4.10. The molecule has 0 aliphatic rings. The molecule has 0 fully saturated rings. The quantitative estimate of drug-likeness (QED) is 0.161. The summed E-state index contributed by atoms with van der Waals surface area (Å²) >= 11 is 0. The summed E-state index contributed by atoms with van der Waals surface area (Å²) in [6.45, 7) is 0. The van der Waals surface area contributed by atoms with Gasteiger partial charge in [0, 0.05) is 44.0 Å². The van der Waals surface area contributed by atoms with Gasteiger partial charge in [0.05, 0.1) is 22.1 Å². The summed E-state index contributed by atoms with van der Waals surface area (Å²) in [5.41, 5.74) is 15.8. The molecule has 0 radical (unpaired) electrons. The van der Waals surface area contributed by atoms with Crippen LogP contribution in [0.2, 0.25) is 0 Å². The Balaban J connectivity index is 0.888. The lowest BCUT2D eigenvalue weighted by atomic mass is 9.97. The van der Waals surface area contributed by atoms with E-state index in [1.807, 2.05) is 30.3 Å². The Morgan fingerprint density at radius 2 is 0.662 bits per heavy atom. The van der Waals surface area contributed by atoms with Crippen molar-refractivity contribution >= 4 is 54.4 Å². The van der Waals surface area contributed by atoms with Crippen molar-refractivity contribution in [1.29, 1.82) is 0 Å². The molecule has 3 heterocycles. The number of aromatic nitrogens is 4. The van der Waals surface area contributed by atoms with Crippen LogP contribution < -0.4 is 0 Å². The topological polar surface area (TPSA) is 48.8 Å². The van der Waals surface area contributed by atoms with Crippen molar-refractivity contribution < 1.29 is 4.42 Å². The van der Waals surface area contributed by atoms with Gasteiger partial charge < -0.3 is 13.6 Å². The SMILES string of the molecule is c1ccc(-c2nnc(-c3ccc(-n4c5ccccc5c5cc(-c6ccc7c(c6)c6cc(-c8ccc(-c9ccc%10ccccc%10c9)cc8)ccc6n7-c6ccccc6)ccc54)cc3)o2)cc1. The van der Waals surface area contributed by atoms with Crippen LogP contribution in [-0.2, 0) is 0 Å². The predicted molar refractivity (Wildman–Crippen MR) is 268 cm³/mol. The summed E-state index contributed by atoms with van der Waals surface area (Å²) in [7, 11) is 0. The third-order valence-corrected chi connectivity index (χ3v) is 12.9. The minimum atomic E-state index is 0.494. The molecule has 0 saturated carbocycles. The highest BCUT2D eigenvalue weighted by Crippen LogP contribution is 2.40. The second-order valence-corrected chi connectivity index (χ2v) is 16.7. The molecular formula is C60H38N4O. The van der Waals surface area contributed by atoms with Crippen LogP contribution in [0.15, 0.2) is 235 Å². The van der Waals surface area contributed by atoms with Crippen molar-refractivity contribution in [3.63, 3.8) is 0 Å². The fraction of sp³-hybridized carbons (Fsp3) is 0. The first-order chi connectivity index (χ1) is 32.2. The summed E-state index contributed by atoms with van der Waals surface area (Å²) in [6.07, 6.45) is 0. The smallest absolute Gasteiger partial charge is 0.248 e. The second kappa shape index (κ2) is 14.9. The van der Waals surface area contributed by atoms with Crippen molar-refractivity contribution in [2.75, 3.05) is 0 Å². The first-order valence-electron chi connectivity index (χ1n) is 22.0. The van der Waals surface area contributed by atoms with Gasteiger partial charge in [0.1, 0.15) is 0 Å². The maximum Gasteiger partial charge on any atom is 0.248 e. The molecule has 0 saturated heterocycles. The highest BCUT2D eigenvalue weighted by Gasteiger charge is 2.18. The van der Waals surface area contributed by atoms with E-state index in [2.05, 4.69) is 220 Å². The Morgan fingerprint density at radius 1 is 0.262 bits per heavy atom. The number of benzene rings is 10. The van der Waals surface area contributed by atoms with E-state index in [1.54, 1.807) is 0 Å². The van der Waals surface area contributed by atoms with Crippen LogP contribution in [0.4, 0.5) is 0 Å². The van der Waals surface area contributed by atoms with Crippen molar-refractivity contribution in [2.24, 2.45) is 0 Å². The third-order valence-electron chi connectivity index (χ3n) is 12.9. The molecule has 65 heavy (non-hydrogen) atoms. The first-order valence-corrected chi connectivity index (χ1v) is 22.0. The van der Waals surface area contributed by atoms with Gasteiger partial charge in [-0.2, -0.15) is 0 Å². The Bertz CT molecular complexity index is 3920. The normalized spacial score (nSPS) is 11.7. The van der Waals surface area contributed by atoms with E-state index in [0.717, 1.165) is 33.5 Å². The van der Waals surface area contributed by atoms with E-state index in [-0.39, 0.29) is 0 Å². The zero-order valence-electron chi connectivity index (χ0n) is 35.1. The molecule has 13 rings (SSSR count). The molecule has 13 aromatic rings. The first kappa shape index (κ1) is 36.8. The van der Waals surface area contributed by atoms with Crippen molar-refractivity contribution in [3.8, 4) is 67.7 Å². The van der Waals surface area contributed by atoms with Gasteiger partial charge in [0.15, 0.2) is 0 Å². The van der Waals surface area contributed by atoms with Gasteiger partial charge in [-0.25, -0.2) is 0 Å². The van der Waals surface area contributed by atoms with Crippen molar-refractivity contribution in [2.45, 2.75) is 0 Å². The van der Waals surface area contributed by atoms with Gasteiger partial charge in [-0.3, -0.25) is 0 Å². The minimum Gasteiger partial charge on any atom is -0.416 e. The van der Waals surface area contributed by atoms with Gasteiger partial charge in [0.2, 0.25) is 11.8 Å². The molecular weight excluding hydrogens is 793 g/mol. The van der Waals surface area contributed by atoms with E-state index >= 15 is 0 Å².